The molecule has 0 saturated carbocycles. The van der Waals surface area contributed by atoms with Crippen LogP contribution in [-0.4, -0.2) is 40.8 Å². The summed E-state index contributed by atoms with van der Waals surface area (Å²) in [5.74, 6) is 0.420. The molecule has 242 valence electrons. The number of aryl methyl sites for hydroxylation is 2. The van der Waals surface area contributed by atoms with Crippen molar-refractivity contribution in [3.63, 3.8) is 0 Å². The third-order valence-corrected chi connectivity index (χ3v) is 8.35. The first-order valence-electron chi connectivity index (χ1n) is 16.2. The van der Waals surface area contributed by atoms with Crippen molar-refractivity contribution < 1.29 is 23.9 Å². The molecule has 0 aliphatic carbocycles. The molecule has 7 nitrogen and oxygen atoms in total. The highest BCUT2D eigenvalue weighted by Gasteiger charge is 2.22. The third kappa shape index (κ3) is 8.89. The molecular formula is C40H42N2O5. The molecule has 4 aromatic carbocycles. The summed E-state index contributed by atoms with van der Waals surface area (Å²) >= 11 is 0. The maximum absolute atomic E-state index is 13.8. The Bertz CT molecular complexity index is 1810. The molecule has 5 aromatic rings. The van der Waals surface area contributed by atoms with Gasteiger partial charge in [0.1, 0.15) is 12.4 Å². The lowest BCUT2D eigenvalue weighted by atomic mass is 9.88. The zero-order valence-electron chi connectivity index (χ0n) is 27.4. The lowest BCUT2D eigenvalue weighted by molar-refractivity contribution is -0.124. The Kier molecular flexibility index (Phi) is 11.5. The van der Waals surface area contributed by atoms with E-state index in [1.807, 2.05) is 91.9 Å². The second-order valence-corrected chi connectivity index (χ2v) is 12.1. The van der Waals surface area contributed by atoms with E-state index < -0.39 is 0 Å². The summed E-state index contributed by atoms with van der Waals surface area (Å²) in [5, 5.41) is 0. The molecule has 0 saturated heterocycles. The number of carbonyl (C=O) groups is 3. The van der Waals surface area contributed by atoms with Crippen LogP contribution in [0.3, 0.4) is 0 Å². The van der Waals surface area contributed by atoms with Gasteiger partial charge in [0.05, 0.1) is 30.3 Å². The Morgan fingerprint density at radius 1 is 0.809 bits per heavy atom. The highest BCUT2D eigenvalue weighted by molar-refractivity contribution is 6.00. The molecule has 1 aromatic heterocycles. The number of rotatable bonds is 16. The largest absolute Gasteiger partial charge is 0.465 e. The number of ketones is 2. The lowest BCUT2D eigenvalue weighted by Crippen LogP contribution is -2.19. The SMILES string of the molecule is CCCc1nc2cc(C(=O)C[C@@H](CC(=O)COCc3ccccc3)Cc3ccccc3)cc(C)c2n1Cc1ccc(C(=O)OC)cc1. The summed E-state index contributed by atoms with van der Waals surface area (Å²) in [5.41, 5.74) is 7.01. The molecule has 0 unspecified atom stereocenters. The summed E-state index contributed by atoms with van der Waals surface area (Å²) in [6.07, 6.45) is 2.87. The fraction of sp³-hybridized carbons (Fsp3) is 0.300. The first-order valence-corrected chi connectivity index (χ1v) is 16.2. The fourth-order valence-electron chi connectivity index (χ4n) is 6.10. The average Bonchev–Trinajstić information content (AvgIpc) is 3.42. The molecular weight excluding hydrogens is 588 g/mol. The minimum absolute atomic E-state index is 0.000995. The summed E-state index contributed by atoms with van der Waals surface area (Å²) in [6.45, 7) is 5.12. The number of methoxy groups -OCH3 is 1. The number of fused-ring (bicyclic) bond motifs is 1. The van der Waals surface area contributed by atoms with E-state index in [2.05, 4.69) is 11.5 Å². The Labute approximate surface area is 276 Å². The van der Waals surface area contributed by atoms with Gasteiger partial charge in [0.15, 0.2) is 11.6 Å². The zero-order chi connectivity index (χ0) is 33.2. The Hall–Kier alpha value is -4.88. The van der Waals surface area contributed by atoms with E-state index in [4.69, 9.17) is 14.5 Å². The van der Waals surface area contributed by atoms with Gasteiger partial charge in [0, 0.05) is 31.4 Å². The van der Waals surface area contributed by atoms with Crippen LogP contribution >= 0.6 is 0 Å². The van der Waals surface area contributed by atoms with Crippen molar-refractivity contribution in [1.82, 2.24) is 9.55 Å². The number of imidazole rings is 1. The van der Waals surface area contributed by atoms with Crippen LogP contribution in [0.1, 0.15) is 75.0 Å². The molecule has 0 bridgehead atoms. The van der Waals surface area contributed by atoms with Crippen LogP contribution < -0.4 is 0 Å². The Morgan fingerprint density at radius 3 is 2.15 bits per heavy atom. The molecule has 47 heavy (non-hydrogen) atoms. The van der Waals surface area contributed by atoms with Gasteiger partial charge in [-0.2, -0.15) is 0 Å². The van der Waals surface area contributed by atoms with Gasteiger partial charge in [-0.15, -0.1) is 0 Å². The standard InChI is InChI=1S/C40H42N2O5/c1-4-11-38-41-36-24-34(20-28(2)39(36)42(38)25-30-16-18-33(19-17-30)40(45)46-3)37(44)23-32(21-29-12-7-5-8-13-29)22-35(43)27-47-26-31-14-9-6-10-15-31/h5-10,12-20,24,32H,4,11,21-23,25-27H2,1-3H3/t32-/m1/s1. The van der Waals surface area contributed by atoms with Gasteiger partial charge >= 0.3 is 5.97 Å². The summed E-state index contributed by atoms with van der Waals surface area (Å²) in [7, 11) is 1.37. The predicted molar refractivity (Wildman–Crippen MR) is 184 cm³/mol. The second-order valence-electron chi connectivity index (χ2n) is 12.1. The minimum atomic E-state index is -0.365. The summed E-state index contributed by atoms with van der Waals surface area (Å²) in [6, 6.07) is 31.0. The molecule has 5 rings (SSSR count). The van der Waals surface area contributed by atoms with Crippen LogP contribution in [-0.2, 0) is 40.3 Å². The van der Waals surface area contributed by atoms with Crippen LogP contribution in [0.5, 0.6) is 0 Å². The molecule has 0 aliphatic heterocycles. The summed E-state index contributed by atoms with van der Waals surface area (Å²) < 4.78 is 12.8. The lowest BCUT2D eigenvalue weighted by Gasteiger charge is -2.17. The molecule has 0 amide bonds. The van der Waals surface area contributed by atoms with Crippen molar-refractivity contribution in [3.8, 4) is 0 Å². The van der Waals surface area contributed by atoms with Gasteiger partial charge in [-0.1, -0.05) is 79.7 Å². The number of carbonyl (C=O) groups excluding carboxylic acids is 3. The van der Waals surface area contributed by atoms with E-state index in [-0.39, 0.29) is 42.9 Å². The fourth-order valence-corrected chi connectivity index (χ4v) is 6.10. The third-order valence-electron chi connectivity index (χ3n) is 8.35. The van der Waals surface area contributed by atoms with E-state index in [1.165, 1.54) is 7.11 Å². The Balaban J connectivity index is 1.34. The number of hydrogen-bond donors (Lipinski definition) is 0. The van der Waals surface area contributed by atoms with Crippen LogP contribution in [0.15, 0.2) is 97.1 Å². The number of nitrogens with zero attached hydrogens (tertiary/aromatic N) is 2. The zero-order valence-corrected chi connectivity index (χ0v) is 27.4. The van der Waals surface area contributed by atoms with E-state index in [0.717, 1.165) is 52.0 Å². The average molecular weight is 631 g/mol. The first kappa shape index (κ1) is 33.5. The van der Waals surface area contributed by atoms with Crippen LogP contribution in [0.25, 0.3) is 11.0 Å². The maximum atomic E-state index is 13.8. The molecule has 7 heteroatoms. The monoisotopic (exact) mass is 630 g/mol. The smallest absolute Gasteiger partial charge is 0.337 e. The van der Waals surface area contributed by atoms with Crippen molar-refractivity contribution in [1.29, 1.82) is 0 Å². The quantitative estimate of drug-likeness (QED) is 0.0819. The van der Waals surface area contributed by atoms with Gasteiger partial charge < -0.3 is 14.0 Å². The predicted octanol–water partition coefficient (Wildman–Crippen LogP) is 7.74. The number of aromatic nitrogens is 2. The molecule has 0 N–H and O–H groups in total. The van der Waals surface area contributed by atoms with Gasteiger partial charge in [0.2, 0.25) is 0 Å². The van der Waals surface area contributed by atoms with Crippen LogP contribution in [0, 0.1) is 12.8 Å². The van der Waals surface area contributed by atoms with E-state index in [9.17, 15) is 14.4 Å². The highest BCUT2D eigenvalue weighted by Crippen LogP contribution is 2.27. The summed E-state index contributed by atoms with van der Waals surface area (Å²) in [4.78, 5) is 43.7. The van der Waals surface area contributed by atoms with Crippen LogP contribution in [0.2, 0.25) is 0 Å². The van der Waals surface area contributed by atoms with E-state index in [0.29, 0.717) is 30.7 Å². The normalized spacial score (nSPS) is 11.8. The number of esters is 1. The Morgan fingerprint density at radius 2 is 1.49 bits per heavy atom. The minimum Gasteiger partial charge on any atom is -0.465 e. The first-order chi connectivity index (χ1) is 22.8. The molecule has 0 spiro atoms. The van der Waals surface area contributed by atoms with Gasteiger partial charge in [-0.05, 0) is 72.2 Å². The van der Waals surface area contributed by atoms with Crippen molar-refractivity contribution in [2.75, 3.05) is 13.7 Å². The van der Waals surface area contributed by atoms with Crippen molar-refractivity contribution in [3.05, 3.63) is 136 Å². The second kappa shape index (κ2) is 16.1. The molecule has 0 fully saturated rings. The van der Waals surface area contributed by atoms with Crippen LogP contribution in [0.4, 0.5) is 0 Å². The van der Waals surface area contributed by atoms with Crippen molar-refractivity contribution >= 4 is 28.6 Å². The molecule has 0 aliphatic rings. The number of benzene rings is 4. The number of ether oxygens (including phenoxy) is 2. The van der Waals surface area contributed by atoms with E-state index in [1.54, 1.807) is 12.1 Å². The van der Waals surface area contributed by atoms with E-state index >= 15 is 0 Å². The van der Waals surface area contributed by atoms with Gasteiger partial charge in [-0.25, -0.2) is 9.78 Å². The van der Waals surface area contributed by atoms with Gasteiger partial charge in [0.25, 0.3) is 0 Å². The molecule has 1 heterocycles. The van der Waals surface area contributed by atoms with Gasteiger partial charge in [-0.3, -0.25) is 9.59 Å². The van der Waals surface area contributed by atoms with Crippen molar-refractivity contribution in [2.45, 2.75) is 59.1 Å². The number of Topliss-reactive ketones (excluding diaryl/α,β-unsaturated/α-hetero) is 2. The van der Waals surface area contributed by atoms with Crippen molar-refractivity contribution in [2.24, 2.45) is 5.92 Å². The maximum Gasteiger partial charge on any atom is 0.337 e. The highest BCUT2D eigenvalue weighted by atomic mass is 16.5. The number of hydrogen-bond acceptors (Lipinski definition) is 6. The molecule has 0 radical (unpaired) electrons. The topological polar surface area (TPSA) is 87.5 Å². The molecule has 1 atom stereocenters.